The number of hydrogen-bond donors (Lipinski definition) is 1. The minimum atomic E-state index is -0.999. The van der Waals surface area contributed by atoms with Gasteiger partial charge in [-0.3, -0.25) is 0 Å². The van der Waals surface area contributed by atoms with Crippen LogP contribution in [0, 0.1) is 13.8 Å². The van der Waals surface area contributed by atoms with Crippen molar-refractivity contribution in [2.75, 3.05) is 11.9 Å². The maximum Gasteiger partial charge on any atom is 0.354 e. The highest BCUT2D eigenvalue weighted by molar-refractivity contribution is 5.85. The van der Waals surface area contributed by atoms with Gasteiger partial charge in [0.05, 0.1) is 0 Å². The van der Waals surface area contributed by atoms with E-state index in [9.17, 15) is 4.79 Å². The highest BCUT2D eigenvalue weighted by atomic mass is 16.4. The maximum atomic E-state index is 10.9. The first-order valence-corrected chi connectivity index (χ1v) is 6.43. The van der Waals surface area contributed by atoms with Crippen LogP contribution >= 0.6 is 0 Å². The number of hydrogen-bond acceptors (Lipinski definition) is 3. The van der Waals surface area contributed by atoms with Crippen molar-refractivity contribution in [2.45, 2.75) is 20.4 Å². The van der Waals surface area contributed by atoms with Gasteiger partial charge in [0, 0.05) is 25.5 Å². The molecule has 1 N–H and O–H groups in total. The number of aromatic nitrogens is 1. The summed E-state index contributed by atoms with van der Waals surface area (Å²) < 4.78 is 0. The maximum absolute atomic E-state index is 10.9. The zero-order valence-electron chi connectivity index (χ0n) is 11.9. The molecule has 1 aromatic carbocycles. The fraction of sp³-hybridized carbons (Fsp3) is 0.250. The number of aromatic carboxylic acids is 1. The van der Waals surface area contributed by atoms with Gasteiger partial charge in [-0.15, -0.1) is 0 Å². The molecule has 0 aliphatic rings. The Hall–Kier alpha value is -2.36. The topological polar surface area (TPSA) is 53.4 Å². The summed E-state index contributed by atoms with van der Waals surface area (Å²) in [6.45, 7) is 4.78. The Balaban J connectivity index is 2.20. The van der Waals surface area contributed by atoms with Crippen LogP contribution in [0.1, 0.15) is 27.2 Å². The molecule has 0 aliphatic heterocycles. The van der Waals surface area contributed by atoms with Gasteiger partial charge >= 0.3 is 5.97 Å². The largest absolute Gasteiger partial charge is 0.477 e. The first-order chi connectivity index (χ1) is 9.45. The molecule has 104 valence electrons. The van der Waals surface area contributed by atoms with Gasteiger partial charge in [-0.25, -0.2) is 9.78 Å². The fourth-order valence-corrected chi connectivity index (χ4v) is 2.23. The first kappa shape index (κ1) is 14.1. The lowest BCUT2D eigenvalue weighted by Crippen LogP contribution is -2.17. The predicted octanol–water partition coefficient (Wildman–Crippen LogP) is 3.03. The van der Waals surface area contributed by atoms with E-state index in [1.54, 1.807) is 6.07 Å². The highest BCUT2D eigenvalue weighted by Gasteiger charge is 2.08. The van der Waals surface area contributed by atoms with E-state index < -0.39 is 5.97 Å². The Morgan fingerprint density at radius 3 is 2.45 bits per heavy atom. The number of benzene rings is 1. The van der Waals surface area contributed by atoms with Crippen molar-refractivity contribution in [2.24, 2.45) is 0 Å². The number of pyridine rings is 1. The minimum Gasteiger partial charge on any atom is -0.477 e. The van der Waals surface area contributed by atoms with Gasteiger partial charge in [0.1, 0.15) is 5.69 Å². The van der Waals surface area contributed by atoms with Crippen LogP contribution in [0.5, 0.6) is 0 Å². The van der Waals surface area contributed by atoms with Crippen LogP contribution in [-0.4, -0.2) is 23.1 Å². The van der Waals surface area contributed by atoms with Gasteiger partial charge in [-0.05, 0) is 54.8 Å². The number of carbonyl (C=O) groups is 1. The Morgan fingerprint density at radius 1 is 1.20 bits per heavy atom. The Labute approximate surface area is 118 Å². The van der Waals surface area contributed by atoms with Crippen LogP contribution in [0.15, 0.2) is 36.5 Å². The molecule has 2 aromatic rings. The van der Waals surface area contributed by atoms with Gasteiger partial charge in [-0.1, -0.05) is 6.07 Å². The summed E-state index contributed by atoms with van der Waals surface area (Å²) >= 11 is 0. The van der Waals surface area contributed by atoms with Crippen LogP contribution in [0.4, 0.5) is 5.69 Å². The summed E-state index contributed by atoms with van der Waals surface area (Å²) in [6.07, 6.45) is 1.54. The van der Waals surface area contributed by atoms with E-state index >= 15 is 0 Å². The third-order valence-corrected chi connectivity index (χ3v) is 3.11. The molecule has 4 nitrogen and oxygen atoms in total. The second-order valence-corrected chi connectivity index (χ2v) is 5.06. The van der Waals surface area contributed by atoms with E-state index in [4.69, 9.17) is 5.11 Å². The summed E-state index contributed by atoms with van der Waals surface area (Å²) in [5.41, 5.74) is 4.56. The number of carboxylic acids is 1. The molecule has 0 saturated heterocycles. The van der Waals surface area contributed by atoms with Gasteiger partial charge in [0.25, 0.3) is 0 Å². The monoisotopic (exact) mass is 270 g/mol. The molecule has 0 amide bonds. The molecule has 0 atom stereocenters. The van der Waals surface area contributed by atoms with E-state index in [2.05, 4.69) is 41.9 Å². The normalized spacial score (nSPS) is 10.3. The van der Waals surface area contributed by atoms with Gasteiger partial charge < -0.3 is 10.0 Å². The molecular weight excluding hydrogens is 252 g/mol. The quantitative estimate of drug-likeness (QED) is 0.927. The summed E-state index contributed by atoms with van der Waals surface area (Å²) in [6, 6.07) is 9.82. The summed E-state index contributed by atoms with van der Waals surface area (Å²) in [7, 11) is 2.00. The number of nitrogens with zero attached hydrogens (tertiary/aromatic N) is 2. The molecule has 1 heterocycles. The van der Waals surface area contributed by atoms with Crippen molar-refractivity contribution in [1.82, 2.24) is 4.98 Å². The molecule has 0 aliphatic carbocycles. The molecule has 0 unspecified atom stereocenters. The van der Waals surface area contributed by atoms with Crippen molar-refractivity contribution < 1.29 is 9.90 Å². The van der Waals surface area contributed by atoms with E-state index in [1.807, 2.05) is 13.1 Å². The molecule has 0 bridgehead atoms. The second-order valence-electron chi connectivity index (χ2n) is 5.06. The highest BCUT2D eigenvalue weighted by Crippen LogP contribution is 2.19. The number of anilines is 1. The average Bonchev–Trinajstić information content (AvgIpc) is 2.37. The molecular formula is C16H18N2O2. The second kappa shape index (κ2) is 5.74. The van der Waals surface area contributed by atoms with Crippen molar-refractivity contribution >= 4 is 11.7 Å². The number of rotatable bonds is 4. The van der Waals surface area contributed by atoms with Crippen LogP contribution in [0.2, 0.25) is 0 Å². The van der Waals surface area contributed by atoms with Gasteiger partial charge in [0.15, 0.2) is 0 Å². The minimum absolute atomic E-state index is 0.0799. The molecule has 1 aromatic heterocycles. The van der Waals surface area contributed by atoms with Crippen LogP contribution in [-0.2, 0) is 6.54 Å². The standard InChI is InChI=1S/C16H18N2O2/c1-11-6-12(2)8-14(7-11)18(3)10-13-4-5-17-15(9-13)16(19)20/h4-9H,10H2,1-3H3,(H,19,20). The lowest BCUT2D eigenvalue weighted by atomic mass is 10.1. The SMILES string of the molecule is Cc1cc(C)cc(N(C)Cc2ccnc(C(=O)O)c2)c1. The van der Waals surface area contributed by atoms with E-state index in [-0.39, 0.29) is 5.69 Å². The number of aryl methyl sites for hydroxylation is 2. The Bertz CT molecular complexity index is 618. The van der Waals surface area contributed by atoms with E-state index in [0.717, 1.165) is 11.3 Å². The Kier molecular flexibility index (Phi) is 4.03. The molecule has 4 heteroatoms. The van der Waals surface area contributed by atoms with E-state index in [1.165, 1.54) is 17.3 Å². The molecule has 0 saturated carbocycles. The third kappa shape index (κ3) is 3.35. The predicted molar refractivity (Wildman–Crippen MR) is 79.2 cm³/mol. The van der Waals surface area contributed by atoms with Crippen molar-refractivity contribution in [3.8, 4) is 0 Å². The summed E-state index contributed by atoms with van der Waals surface area (Å²) in [5, 5.41) is 8.96. The average molecular weight is 270 g/mol. The molecule has 0 fully saturated rings. The lowest BCUT2D eigenvalue weighted by Gasteiger charge is -2.20. The van der Waals surface area contributed by atoms with Crippen molar-refractivity contribution in [1.29, 1.82) is 0 Å². The third-order valence-electron chi connectivity index (χ3n) is 3.11. The summed E-state index contributed by atoms with van der Waals surface area (Å²) in [5.74, 6) is -0.999. The van der Waals surface area contributed by atoms with Gasteiger partial charge in [0.2, 0.25) is 0 Å². The smallest absolute Gasteiger partial charge is 0.354 e. The van der Waals surface area contributed by atoms with Crippen LogP contribution < -0.4 is 4.90 Å². The van der Waals surface area contributed by atoms with Crippen LogP contribution in [0.25, 0.3) is 0 Å². The molecule has 20 heavy (non-hydrogen) atoms. The van der Waals surface area contributed by atoms with Crippen molar-refractivity contribution in [3.63, 3.8) is 0 Å². The molecule has 0 spiro atoms. The molecule has 2 rings (SSSR count). The summed E-state index contributed by atoms with van der Waals surface area (Å²) in [4.78, 5) is 16.8. The zero-order chi connectivity index (χ0) is 14.7. The van der Waals surface area contributed by atoms with Crippen LogP contribution in [0.3, 0.4) is 0 Å². The Morgan fingerprint density at radius 2 is 1.85 bits per heavy atom. The lowest BCUT2D eigenvalue weighted by molar-refractivity contribution is 0.0690. The molecule has 0 radical (unpaired) electrons. The number of carboxylic acid groups (broad SMARTS) is 1. The van der Waals surface area contributed by atoms with Crippen molar-refractivity contribution in [3.05, 3.63) is 58.9 Å². The van der Waals surface area contributed by atoms with Gasteiger partial charge in [-0.2, -0.15) is 0 Å². The first-order valence-electron chi connectivity index (χ1n) is 6.43. The zero-order valence-corrected chi connectivity index (χ0v) is 11.9. The fourth-order valence-electron chi connectivity index (χ4n) is 2.23. The van der Waals surface area contributed by atoms with E-state index in [0.29, 0.717) is 6.54 Å².